The smallest absolute Gasteiger partial charge is 0.0598 e. The molecule has 1 aliphatic carbocycles. The van der Waals surface area contributed by atoms with Gasteiger partial charge < -0.3 is 9.47 Å². The average molecular weight is 256 g/mol. The molecule has 108 valence electrons. The first-order valence-corrected chi connectivity index (χ1v) is 7.59. The summed E-state index contributed by atoms with van der Waals surface area (Å²) in [6, 6.07) is 0. The third-order valence-corrected chi connectivity index (χ3v) is 4.32. The standard InChI is InChI=1S/C16H32O2/c1-16(2,12-14-8-6-5-7-9-14)13-15(18-4)10-11-17-3/h14-15H,5-13H2,1-4H3. The van der Waals surface area contributed by atoms with E-state index in [4.69, 9.17) is 9.47 Å². The van der Waals surface area contributed by atoms with E-state index in [9.17, 15) is 0 Å². The minimum Gasteiger partial charge on any atom is -0.385 e. The Morgan fingerprint density at radius 1 is 1.11 bits per heavy atom. The minimum atomic E-state index is 0.351. The lowest BCUT2D eigenvalue weighted by Crippen LogP contribution is -2.26. The van der Waals surface area contributed by atoms with Crippen LogP contribution in [-0.2, 0) is 9.47 Å². The Balaban J connectivity index is 2.35. The number of ether oxygens (including phenoxy) is 2. The Hall–Kier alpha value is -0.0800. The lowest BCUT2D eigenvalue weighted by atomic mass is 9.74. The molecule has 0 amide bonds. The van der Waals surface area contributed by atoms with Gasteiger partial charge in [0.05, 0.1) is 6.10 Å². The maximum atomic E-state index is 5.60. The highest BCUT2D eigenvalue weighted by atomic mass is 16.5. The van der Waals surface area contributed by atoms with Crippen molar-refractivity contribution in [3.63, 3.8) is 0 Å². The Morgan fingerprint density at radius 2 is 1.78 bits per heavy atom. The second-order valence-electron chi connectivity index (χ2n) is 6.72. The minimum absolute atomic E-state index is 0.351. The van der Waals surface area contributed by atoms with Gasteiger partial charge in [0.25, 0.3) is 0 Å². The zero-order chi connectivity index (χ0) is 13.4. The number of hydrogen-bond donors (Lipinski definition) is 0. The summed E-state index contributed by atoms with van der Waals surface area (Å²) in [4.78, 5) is 0. The third kappa shape index (κ3) is 6.19. The molecule has 1 saturated carbocycles. The molecular formula is C16H32O2. The molecule has 0 spiro atoms. The SMILES string of the molecule is COCCC(CC(C)(C)CC1CCCCC1)OC. The molecule has 0 aliphatic heterocycles. The molecule has 1 aliphatic rings. The van der Waals surface area contributed by atoms with Crippen LogP contribution < -0.4 is 0 Å². The lowest BCUT2D eigenvalue weighted by Gasteiger charge is -2.34. The van der Waals surface area contributed by atoms with E-state index in [1.54, 1.807) is 7.11 Å². The molecule has 1 fully saturated rings. The van der Waals surface area contributed by atoms with Gasteiger partial charge in [0.2, 0.25) is 0 Å². The first-order chi connectivity index (χ1) is 8.57. The van der Waals surface area contributed by atoms with Gasteiger partial charge in [-0.3, -0.25) is 0 Å². The quantitative estimate of drug-likeness (QED) is 0.640. The van der Waals surface area contributed by atoms with Crippen molar-refractivity contribution in [2.45, 2.75) is 71.3 Å². The van der Waals surface area contributed by atoms with Crippen LogP contribution in [0.5, 0.6) is 0 Å². The molecule has 0 N–H and O–H groups in total. The normalized spacial score (nSPS) is 20.0. The van der Waals surface area contributed by atoms with Crippen molar-refractivity contribution in [1.29, 1.82) is 0 Å². The number of rotatable bonds is 8. The van der Waals surface area contributed by atoms with Gasteiger partial charge in [-0.05, 0) is 30.6 Å². The summed E-state index contributed by atoms with van der Waals surface area (Å²) < 4.78 is 10.8. The second kappa shape index (κ2) is 8.16. The third-order valence-electron chi connectivity index (χ3n) is 4.32. The highest BCUT2D eigenvalue weighted by Crippen LogP contribution is 2.37. The molecule has 0 aromatic rings. The molecule has 0 radical (unpaired) electrons. The van der Waals surface area contributed by atoms with Crippen LogP contribution >= 0.6 is 0 Å². The summed E-state index contributed by atoms with van der Waals surface area (Å²) >= 11 is 0. The van der Waals surface area contributed by atoms with Crippen molar-refractivity contribution in [1.82, 2.24) is 0 Å². The maximum Gasteiger partial charge on any atom is 0.0598 e. The van der Waals surface area contributed by atoms with Crippen LogP contribution in [0.3, 0.4) is 0 Å². The average Bonchev–Trinajstić information content (AvgIpc) is 2.35. The predicted molar refractivity (Wildman–Crippen MR) is 76.9 cm³/mol. The fourth-order valence-electron chi connectivity index (χ4n) is 3.42. The van der Waals surface area contributed by atoms with E-state index in [1.807, 2.05) is 7.11 Å². The zero-order valence-electron chi connectivity index (χ0n) is 12.8. The molecule has 0 saturated heterocycles. The Bertz CT molecular complexity index is 207. The lowest BCUT2D eigenvalue weighted by molar-refractivity contribution is 0.0279. The molecule has 1 atom stereocenters. The summed E-state index contributed by atoms with van der Waals surface area (Å²) in [5, 5.41) is 0. The van der Waals surface area contributed by atoms with Gasteiger partial charge in [-0.1, -0.05) is 46.0 Å². The Morgan fingerprint density at radius 3 is 2.33 bits per heavy atom. The van der Waals surface area contributed by atoms with Gasteiger partial charge in [-0.25, -0.2) is 0 Å². The molecule has 2 heteroatoms. The molecule has 0 aromatic carbocycles. The highest BCUT2D eigenvalue weighted by molar-refractivity contribution is 4.79. The first-order valence-electron chi connectivity index (χ1n) is 7.59. The first kappa shape index (κ1) is 16.0. The van der Waals surface area contributed by atoms with Gasteiger partial charge in [-0.2, -0.15) is 0 Å². The summed E-state index contributed by atoms with van der Waals surface area (Å²) in [5.41, 5.74) is 0.399. The largest absolute Gasteiger partial charge is 0.385 e. The van der Waals surface area contributed by atoms with E-state index in [0.29, 0.717) is 11.5 Å². The maximum absolute atomic E-state index is 5.60. The monoisotopic (exact) mass is 256 g/mol. The second-order valence-corrected chi connectivity index (χ2v) is 6.72. The van der Waals surface area contributed by atoms with Crippen LogP contribution in [0.2, 0.25) is 0 Å². The molecule has 0 aromatic heterocycles. The Kier molecular flexibility index (Phi) is 7.25. The predicted octanol–water partition coefficient (Wildman–Crippen LogP) is 4.42. The zero-order valence-corrected chi connectivity index (χ0v) is 12.8. The van der Waals surface area contributed by atoms with Gasteiger partial charge in [0.1, 0.15) is 0 Å². The summed E-state index contributed by atoms with van der Waals surface area (Å²) in [6.07, 6.45) is 11.1. The van der Waals surface area contributed by atoms with Crippen molar-refractivity contribution >= 4 is 0 Å². The van der Waals surface area contributed by atoms with E-state index >= 15 is 0 Å². The van der Waals surface area contributed by atoms with E-state index in [2.05, 4.69) is 13.8 Å². The van der Waals surface area contributed by atoms with Crippen LogP contribution in [0.4, 0.5) is 0 Å². The van der Waals surface area contributed by atoms with Gasteiger partial charge in [-0.15, -0.1) is 0 Å². The van der Waals surface area contributed by atoms with Crippen molar-refractivity contribution in [2.75, 3.05) is 20.8 Å². The van der Waals surface area contributed by atoms with E-state index < -0.39 is 0 Å². The summed E-state index contributed by atoms with van der Waals surface area (Å²) in [5.74, 6) is 0.952. The van der Waals surface area contributed by atoms with E-state index in [1.165, 1.54) is 38.5 Å². The van der Waals surface area contributed by atoms with Crippen LogP contribution in [-0.4, -0.2) is 26.9 Å². The topological polar surface area (TPSA) is 18.5 Å². The number of methoxy groups -OCH3 is 2. The van der Waals surface area contributed by atoms with E-state index in [-0.39, 0.29) is 0 Å². The molecule has 1 unspecified atom stereocenters. The van der Waals surface area contributed by atoms with Crippen molar-refractivity contribution in [3.8, 4) is 0 Å². The van der Waals surface area contributed by atoms with Gasteiger partial charge in [0, 0.05) is 20.8 Å². The van der Waals surface area contributed by atoms with Crippen molar-refractivity contribution in [2.24, 2.45) is 11.3 Å². The molecule has 0 bridgehead atoms. The molecule has 0 heterocycles. The van der Waals surface area contributed by atoms with Crippen molar-refractivity contribution < 1.29 is 9.47 Å². The molecule has 18 heavy (non-hydrogen) atoms. The fraction of sp³-hybridized carbons (Fsp3) is 1.00. The molecular weight excluding hydrogens is 224 g/mol. The van der Waals surface area contributed by atoms with E-state index in [0.717, 1.165) is 25.4 Å². The van der Waals surface area contributed by atoms with Gasteiger partial charge >= 0.3 is 0 Å². The van der Waals surface area contributed by atoms with Gasteiger partial charge in [0.15, 0.2) is 0 Å². The van der Waals surface area contributed by atoms with Crippen molar-refractivity contribution in [3.05, 3.63) is 0 Å². The van der Waals surface area contributed by atoms with Crippen LogP contribution in [0, 0.1) is 11.3 Å². The fourth-order valence-corrected chi connectivity index (χ4v) is 3.42. The summed E-state index contributed by atoms with van der Waals surface area (Å²) in [6.45, 7) is 5.61. The van der Waals surface area contributed by atoms with Crippen LogP contribution in [0.15, 0.2) is 0 Å². The summed E-state index contributed by atoms with van der Waals surface area (Å²) in [7, 11) is 3.59. The molecule has 1 rings (SSSR count). The Labute approximate surface area is 113 Å². The van der Waals surface area contributed by atoms with Crippen LogP contribution in [0.25, 0.3) is 0 Å². The molecule has 2 nitrogen and oxygen atoms in total. The highest BCUT2D eigenvalue weighted by Gasteiger charge is 2.27. The van der Waals surface area contributed by atoms with Crippen LogP contribution in [0.1, 0.15) is 65.2 Å². The number of hydrogen-bond acceptors (Lipinski definition) is 2.